The average molecular weight is 316 g/mol. The van der Waals surface area contributed by atoms with E-state index in [9.17, 15) is 4.79 Å². The first-order valence-corrected chi connectivity index (χ1v) is 8.55. The predicted molar refractivity (Wildman–Crippen MR) is 91.2 cm³/mol. The fourth-order valence-electron chi connectivity index (χ4n) is 3.78. The number of amides is 1. The number of benzene rings is 1. The molecule has 3 heterocycles. The molecule has 2 bridgehead atoms. The Morgan fingerprint density at radius 3 is 2.61 bits per heavy atom. The van der Waals surface area contributed by atoms with Gasteiger partial charge in [0.25, 0.3) is 0 Å². The molecule has 0 unspecified atom stereocenters. The summed E-state index contributed by atoms with van der Waals surface area (Å²) in [6.45, 7) is 10.6. The van der Waals surface area contributed by atoms with E-state index in [1.807, 2.05) is 25.7 Å². The molecular weight excluding hydrogens is 288 g/mol. The van der Waals surface area contributed by atoms with Gasteiger partial charge in [-0.25, -0.2) is 4.79 Å². The highest BCUT2D eigenvalue weighted by molar-refractivity contribution is 5.69. The van der Waals surface area contributed by atoms with Crippen molar-refractivity contribution in [2.75, 3.05) is 13.1 Å². The fraction of sp³-hybridized carbons (Fsp3) is 0.632. The van der Waals surface area contributed by atoms with E-state index in [1.165, 1.54) is 5.56 Å². The lowest BCUT2D eigenvalue weighted by Gasteiger charge is -2.57. The maximum Gasteiger partial charge on any atom is 0.410 e. The molecule has 4 heteroatoms. The molecule has 126 valence electrons. The summed E-state index contributed by atoms with van der Waals surface area (Å²) in [5.41, 5.74) is 0.784. The maximum atomic E-state index is 12.6. The Morgan fingerprint density at radius 2 is 2.00 bits per heavy atom. The highest BCUT2D eigenvalue weighted by Crippen LogP contribution is 2.38. The number of carbonyl (C=O) groups is 1. The van der Waals surface area contributed by atoms with Gasteiger partial charge in [0, 0.05) is 25.7 Å². The van der Waals surface area contributed by atoms with E-state index >= 15 is 0 Å². The van der Waals surface area contributed by atoms with E-state index in [0.29, 0.717) is 6.04 Å². The van der Waals surface area contributed by atoms with Crippen LogP contribution < -0.4 is 0 Å². The molecule has 0 saturated carbocycles. The molecule has 1 aromatic carbocycles. The molecule has 2 atom stereocenters. The molecule has 1 aromatic rings. The summed E-state index contributed by atoms with van der Waals surface area (Å²) in [5, 5.41) is 0. The molecule has 0 aromatic heterocycles. The Morgan fingerprint density at radius 1 is 1.30 bits per heavy atom. The monoisotopic (exact) mass is 316 g/mol. The number of carbonyl (C=O) groups excluding carboxylic acids is 1. The normalized spacial score (nSPS) is 28.0. The first kappa shape index (κ1) is 16.3. The van der Waals surface area contributed by atoms with E-state index in [0.717, 1.165) is 32.5 Å². The molecule has 1 amide bonds. The number of piperazine rings is 1. The zero-order valence-electron chi connectivity index (χ0n) is 14.7. The number of piperidine rings is 2. The Balaban J connectivity index is 1.71. The average Bonchev–Trinajstić information content (AvgIpc) is 2.46. The van der Waals surface area contributed by atoms with Crippen molar-refractivity contribution in [3.05, 3.63) is 35.9 Å². The Bertz CT molecular complexity index is 566. The first-order chi connectivity index (χ1) is 10.8. The number of hydrogen-bond acceptors (Lipinski definition) is 3. The van der Waals surface area contributed by atoms with Crippen LogP contribution in [-0.4, -0.2) is 46.2 Å². The number of ether oxygens (including phenoxy) is 1. The van der Waals surface area contributed by atoms with E-state index in [-0.39, 0.29) is 11.6 Å². The van der Waals surface area contributed by atoms with Gasteiger partial charge in [0.1, 0.15) is 5.60 Å². The number of nitrogens with zero attached hydrogens (tertiary/aromatic N) is 2. The molecular formula is C19H28N2O2. The van der Waals surface area contributed by atoms with Crippen LogP contribution in [0.5, 0.6) is 0 Å². The summed E-state index contributed by atoms with van der Waals surface area (Å²) in [6, 6.07) is 11.0. The minimum atomic E-state index is -0.437. The first-order valence-electron chi connectivity index (χ1n) is 8.55. The Labute approximate surface area is 139 Å². The number of hydrogen-bond donors (Lipinski definition) is 0. The van der Waals surface area contributed by atoms with Gasteiger partial charge in [-0.05, 0) is 46.1 Å². The molecule has 0 spiro atoms. The third-order valence-corrected chi connectivity index (χ3v) is 4.96. The standard InChI is InChI=1S/C19H28N2O2/c1-18(2,3)23-17(22)21-13-16-10-11-19(21,4)14-20(16)12-15-8-6-5-7-9-15/h5-9,16H,10-14H2,1-4H3/t16-,19+/m1/s1. The largest absolute Gasteiger partial charge is 0.444 e. The van der Waals surface area contributed by atoms with Crippen molar-refractivity contribution in [2.45, 2.75) is 64.3 Å². The minimum absolute atomic E-state index is 0.119. The van der Waals surface area contributed by atoms with Crippen LogP contribution in [0.2, 0.25) is 0 Å². The summed E-state index contributed by atoms with van der Waals surface area (Å²) in [4.78, 5) is 17.1. The summed E-state index contributed by atoms with van der Waals surface area (Å²) in [5.74, 6) is 0. The summed E-state index contributed by atoms with van der Waals surface area (Å²) in [7, 11) is 0. The molecule has 0 N–H and O–H groups in total. The minimum Gasteiger partial charge on any atom is -0.444 e. The van der Waals surface area contributed by atoms with E-state index in [2.05, 4.69) is 42.2 Å². The van der Waals surface area contributed by atoms with Gasteiger partial charge >= 0.3 is 6.09 Å². The molecule has 4 nitrogen and oxygen atoms in total. The molecule has 23 heavy (non-hydrogen) atoms. The van der Waals surface area contributed by atoms with Crippen LogP contribution in [0, 0.1) is 0 Å². The highest BCUT2D eigenvalue weighted by Gasteiger charge is 2.49. The van der Waals surface area contributed by atoms with Crippen LogP contribution in [0.1, 0.15) is 46.1 Å². The van der Waals surface area contributed by atoms with Gasteiger partial charge in [0.15, 0.2) is 0 Å². The van der Waals surface area contributed by atoms with Crippen LogP contribution in [0.3, 0.4) is 0 Å². The molecule has 4 rings (SSSR count). The van der Waals surface area contributed by atoms with Crippen molar-refractivity contribution in [3.63, 3.8) is 0 Å². The second kappa shape index (κ2) is 5.82. The number of fused-ring (bicyclic) bond motifs is 3. The maximum absolute atomic E-state index is 12.6. The molecule has 0 radical (unpaired) electrons. The third kappa shape index (κ3) is 3.52. The second-order valence-corrected chi connectivity index (χ2v) is 8.17. The molecule has 0 aliphatic carbocycles. The molecule has 3 saturated heterocycles. The lowest BCUT2D eigenvalue weighted by molar-refractivity contribution is -0.0833. The Hall–Kier alpha value is -1.55. The van der Waals surface area contributed by atoms with Gasteiger partial charge in [-0.2, -0.15) is 0 Å². The summed E-state index contributed by atoms with van der Waals surface area (Å²) < 4.78 is 5.62. The van der Waals surface area contributed by atoms with Gasteiger partial charge in [-0.3, -0.25) is 9.80 Å². The van der Waals surface area contributed by atoms with E-state index < -0.39 is 5.60 Å². The van der Waals surface area contributed by atoms with Crippen LogP contribution >= 0.6 is 0 Å². The van der Waals surface area contributed by atoms with Crippen molar-refractivity contribution < 1.29 is 9.53 Å². The lowest BCUT2D eigenvalue weighted by atomic mass is 9.80. The van der Waals surface area contributed by atoms with Gasteiger partial charge in [-0.15, -0.1) is 0 Å². The van der Waals surface area contributed by atoms with Crippen LogP contribution in [0.15, 0.2) is 30.3 Å². The van der Waals surface area contributed by atoms with Crippen molar-refractivity contribution in [3.8, 4) is 0 Å². The fourth-order valence-corrected chi connectivity index (χ4v) is 3.78. The van der Waals surface area contributed by atoms with Crippen LogP contribution in [0.25, 0.3) is 0 Å². The highest BCUT2D eigenvalue weighted by atomic mass is 16.6. The van der Waals surface area contributed by atoms with Gasteiger partial charge in [-0.1, -0.05) is 30.3 Å². The zero-order valence-corrected chi connectivity index (χ0v) is 14.7. The molecule has 3 aliphatic rings. The summed E-state index contributed by atoms with van der Waals surface area (Å²) >= 11 is 0. The summed E-state index contributed by atoms with van der Waals surface area (Å²) in [6.07, 6.45) is 2.05. The second-order valence-electron chi connectivity index (χ2n) is 8.17. The third-order valence-electron chi connectivity index (χ3n) is 4.96. The van der Waals surface area contributed by atoms with Crippen LogP contribution in [0.4, 0.5) is 4.79 Å². The number of rotatable bonds is 2. The lowest BCUT2D eigenvalue weighted by Crippen LogP contribution is -2.70. The van der Waals surface area contributed by atoms with Gasteiger partial charge in [0.2, 0.25) is 0 Å². The zero-order chi connectivity index (χ0) is 16.7. The topological polar surface area (TPSA) is 32.8 Å². The predicted octanol–water partition coefficient (Wildman–Crippen LogP) is 3.66. The van der Waals surface area contributed by atoms with Crippen molar-refractivity contribution in [2.24, 2.45) is 0 Å². The van der Waals surface area contributed by atoms with Crippen LogP contribution in [-0.2, 0) is 11.3 Å². The molecule has 3 aliphatic heterocycles. The van der Waals surface area contributed by atoms with Gasteiger partial charge < -0.3 is 4.74 Å². The smallest absolute Gasteiger partial charge is 0.410 e. The quantitative estimate of drug-likeness (QED) is 0.835. The van der Waals surface area contributed by atoms with Crippen molar-refractivity contribution in [1.29, 1.82) is 0 Å². The van der Waals surface area contributed by atoms with Crippen molar-refractivity contribution in [1.82, 2.24) is 9.80 Å². The Kier molecular flexibility index (Phi) is 4.13. The van der Waals surface area contributed by atoms with Crippen molar-refractivity contribution >= 4 is 6.09 Å². The van der Waals surface area contributed by atoms with Gasteiger partial charge in [0.05, 0.1) is 5.54 Å². The SMILES string of the molecule is CC(C)(C)OC(=O)N1C[C@H]2CC[C@@]1(C)CN2Cc1ccccc1. The molecule has 3 fully saturated rings. The van der Waals surface area contributed by atoms with E-state index in [1.54, 1.807) is 0 Å². The van der Waals surface area contributed by atoms with E-state index in [4.69, 9.17) is 4.74 Å².